The summed E-state index contributed by atoms with van der Waals surface area (Å²) in [7, 11) is -2.13. The van der Waals surface area contributed by atoms with Crippen LogP contribution in [-0.4, -0.2) is 49.5 Å². The summed E-state index contributed by atoms with van der Waals surface area (Å²) in [5.74, 6) is -0.732. The molecule has 1 aliphatic rings. The molecule has 2 heterocycles. The Kier molecular flexibility index (Phi) is 6.30. The van der Waals surface area contributed by atoms with Crippen LogP contribution >= 0.6 is 0 Å². The number of amides is 1. The van der Waals surface area contributed by atoms with Gasteiger partial charge in [0.25, 0.3) is 0 Å². The number of likely N-dealkylation sites (tertiary alicyclic amines) is 1. The van der Waals surface area contributed by atoms with Crippen molar-refractivity contribution in [3.8, 4) is 0 Å². The molecule has 9 heteroatoms. The van der Waals surface area contributed by atoms with Crippen molar-refractivity contribution in [3.05, 3.63) is 59.7 Å². The highest BCUT2D eigenvalue weighted by atomic mass is 32.2. The van der Waals surface area contributed by atoms with Gasteiger partial charge >= 0.3 is 0 Å². The van der Waals surface area contributed by atoms with Gasteiger partial charge in [-0.3, -0.25) is 4.79 Å². The number of piperidine rings is 1. The first-order chi connectivity index (χ1) is 13.7. The fraction of sp³-hybridized carbons (Fsp3) is 0.400. The van der Waals surface area contributed by atoms with E-state index in [-0.39, 0.29) is 35.6 Å². The smallest absolute Gasteiger partial charge is 0.240 e. The molecule has 0 aliphatic carbocycles. The number of carbonyl (C=O) groups is 1. The lowest BCUT2D eigenvalue weighted by molar-refractivity contribution is -0.135. The maximum Gasteiger partial charge on any atom is 0.240 e. The van der Waals surface area contributed by atoms with Crippen LogP contribution in [0.1, 0.15) is 30.4 Å². The van der Waals surface area contributed by atoms with Crippen LogP contribution in [0, 0.1) is 5.95 Å². The van der Waals surface area contributed by atoms with Crippen LogP contribution in [0.5, 0.6) is 0 Å². The third kappa shape index (κ3) is 4.80. The fourth-order valence-electron chi connectivity index (χ4n) is 3.49. The lowest BCUT2D eigenvalue weighted by atomic mass is 9.85. The Balaban J connectivity index is 1.55. The second kappa shape index (κ2) is 8.56. The number of halogens is 1. The van der Waals surface area contributed by atoms with Crippen molar-refractivity contribution < 1.29 is 22.7 Å². The maximum absolute atomic E-state index is 13.9. The van der Waals surface area contributed by atoms with Gasteiger partial charge in [-0.1, -0.05) is 18.2 Å². The van der Waals surface area contributed by atoms with Crippen LogP contribution in [0.15, 0.2) is 47.5 Å². The first-order valence-corrected chi connectivity index (χ1v) is 10.9. The summed E-state index contributed by atoms with van der Waals surface area (Å²) in [4.78, 5) is 17.9. The van der Waals surface area contributed by atoms with Gasteiger partial charge in [0.05, 0.1) is 10.5 Å². The van der Waals surface area contributed by atoms with Crippen molar-refractivity contribution in [1.82, 2.24) is 14.6 Å². The zero-order chi connectivity index (χ0) is 21.1. The zero-order valence-corrected chi connectivity index (χ0v) is 17.0. The van der Waals surface area contributed by atoms with Gasteiger partial charge in [0.15, 0.2) is 0 Å². The highest BCUT2D eigenvalue weighted by Gasteiger charge is 2.37. The SMILES string of the molecule is CNS(=O)(=O)c1ccc(CCC(=O)N2CCC(O)(c3cccnc3F)CC2)cc1. The number of sulfonamides is 1. The Labute approximate surface area is 169 Å². The Morgan fingerprint density at radius 3 is 2.48 bits per heavy atom. The molecule has 0 spiro atoms. The largest absolute Gasteiger partial charge is 0.385 e. The van der Waals surface area contributed by atoms with E-state index in [2.05, 4.69) is 9.71 Å². The number of hydrogen-bond acceptors (Lipinski definition) is 5. The van der Waals surface area contributed by atoms with Crippen molar-refractivity contribution in [2.75, 3.05) is 20.1 Å². The fourth-order valence-corrected chi connectivity index (χ4v) is 4.22. The molecule has 2 N–H and O–H groups in total. The van der Waals surface area contributed by atoms with E-state index in [1.807, 2.05) is 0 Å². The topological polar surface area (TPSA) is 99.6 Å². The summed E-state index contributed by atoms with van der Waals surface area (Å²) in [5.41, 5.74) is -0.285. The van der Waals surface area contributed by atoms with Crippen molar-refractivity contribution in [2.24, 2.45) is 0 Å². The molecule has 0 atom stereocenters. The number of carbonyl (C=O) groups excluding carboxylic acids is 1. The first-order valence-electron chi connectivity index (χ1n) is 9.39. The number of aromatic nitrogens is 1. The standard InChI is InChI=1S/C20H24FN3O4S/c1-22-29(27,28)16-7-4-15(5-8-16)6-9-18(25)24-13-10-20(26,11-14-24)17-3-2-12-23-19(17)21/h2-5,7-8,12,22,26H,6,9-11,13-14H2,1H3. The number of hydrogen-bond donors (Lipinski definition) is 2. The molecule has 0 radical (unpaired) electrons. The molecule has 1 aromatic heterocycles. The normalized spacial score (nSPS) is 16.6. The minimum atomic E-state index is -3.48. The van der Waals surface area contributed by atoms with Crippen LogP contribution in [0.25, 0.3) is 0 Å². The predicted octanol–water partition coefficient (Wildman–Crippen LogP) is 1.57. The number of rotatable bonds is 6. The number of benzene rings is 1. The molecule has 0 unspecified atom stereocenters. The number of aryl methyl sites for hydroxylation is 1. The molecular formula is C20H24FN3O4S. The molecule has 1 fully saturated rings. The van der Waals surface area contributed by atoms with Crippen molar-refractivity contribution in [2.45, 2.75) is 36.2 Å². The van der Waals surface area contributed by atoms with Gasteiger partial charge in [-0.25, -0.2) is 18.1 Å². The number of aliphatic hydroxyl groups is 1. The average Bonchev–Trinajstić information content (AvgIpc) is 2.73. The van der Waals surface area contributed by atoms with E-state index in [0.29, 0.717) is 19.5 Å². The van der Waals surface area contributed by atoms with Crippen LogP contribution in [-0.2, 0) is 26.8 Å². The molecule has 3 rings (SSSR count). The van der Waals surface area contributed by atoms with E-state index in [4.69, 9.17) is 0 Å². The Morgan fingerprint density at radius 2 is 1.90 bits per heavy atom. The van der Waals surface area contributed by atoms with Gasteiger partial charge in [0, 0.05) is 31.3 Å². The molecule has 1 aliphatic heterocycles. The third-order valence-corrected chi connectivity index (χ3v) is 6.76. The van der Waals surface area contributed by atoms with E-state index in [0.717, 1.165) is 5.56 Å². The van der Waals surface area contributed by atoms with Crippen molar-refractivity contribution in [3.63, 3.8) is 0 Å². The summed E-state index contributed by atoms with van der Waals surface area (Å²) in [6.45, 7) is 0.673. The summed E-state index contributed by atoms with van der Waals surface area (Å²) >= 11 is 0. The summed E-state index contributed by atoms with van der Waals surface area (Å²) in [6, 6.07) is 9.51. The average molecular weight is 421 g/mol. The number of nitrogens with one attached hydrogen (secondary N) is 1. The predicted molar refractivity (Wildman–Crippen MR) is 105 cm³/mol. The first kappa shape index (κ1) is 21.4. The molecule has 0 bridgehead atoms. The van der Waals surface area contributed by atoms with Gasteiger partial charge in [0.1, 0.15) is 0 Å². The van der Waals surface area contributed by atoms with Gasteiger partial charge in [-0.2, -0.15) is 4.39 Å². The second-order valence-corrected chi connectivity index (χ2v) is 8.99. The molecule has 1 amide bonds. The summed E-state index contributed by atoms with van der Waals surface area (Å²) in [6.07, 6.45) is 2.59. The molecule has 156 valence electrons. The maximum atomic E-state index is 13.9. The van der Waals surface area contributed by atoms with E-state index in [1.165, 1.54) is 31.4 Å². The Hall–Kier alpha value is -2.36. The van der Waals surface area contributed by atoms with Crippen LogP contribution in [0.2, 0.25) is 0 Å². The van der Waals surface area contributed by atoms with Crippen molar-refractivity contribution >= 4 is 15.9 Å². The van der Waals surface area contributed by atoms with Gasteiger partial charge in [0.2, 0.25) is 21.9 Å². The minimum Gasteiger partial charge on any atom is -0.385 e. The van der Waals surface area contributed by atoms with Crippen LogP contribution in [0.3, 0.4) is 0 Å². The van der Waals surface area contributed by atoms with Gasteiger partial charge in [-0.15, -0.1) is 0 Å². The van der Waals surface area contributed by atoms with E-state index in [9.17, 15) is 22.7 Å². The molecule has 1 saturated heterocycles. The zero-order valence-electron chi connectivity index (χ0n) is 16.1. The lowest BCUT2D eigenvalue weighted by Crippen LogP contribution is -2.45. The summed E-state index contributed by atoms with van der Waals surface area (Å²) in [5, 5.41) is 10.8. The highest BCUT2D eigenvalue weighted by Crippen LogP contribution is 2.33. The number of nitrogens with zero attached hydrogens (tertiary/aromatic N) is 2. The highest BCUT2D eigenvalue weighted by molar-refractivity contribution is 7.89. The van der Waals surface area contributed by atoms with Crippen molar-refractivity contribution in [1.29, 1.82) is 0 Å². The third-order valence-electron chi connectivity index (χ3n) is 5.33. The van der Waals surface area contributed by atoms with Crippen LogP contribution in [0.4, 0.5) is 4.39 Å². The quantitative estimate of drug-likeness (QED) is 0.690. The van der Waals surface area contributed by atoms with Crippen LogP contribution < -0.4 is 4.72 Å². The van der Waals surface area contributed by atoms with Gasteiger partial charge < -0.3 is 10.0 Å². The number of pyridine rings is 1. The van der Waals surface area contributed by atoms with E-state index >= 15 is 0 Å². The minimum absolute atomic E-state index is 0.0503. The van der Waals surface area contributed by atoms with E-state index in [1.54, 1.807) is 23.1 Å². The molecule has 0 saturated carbocycles. The summed E-state index contributed by atoms with van der Waals surface area (Å²) < 4.78 is 39.7. The van der Waals surface area contributed by atoms with Gasteiger partial charge in [-0.05, 0) is 50.1 Å². The molecule has 29 heavy (non-hydrogen) atoms. The second-order valence-electron chi connectivity index (χ2n) is 7.11. The Bertz CT molecular complexity index is 971. The lowest BCUT2D eigenvalue weighted by Gasteiger charge is -2.38. The Morgan fingerprint density at radius 1 is 1.24 bits per heavy atom. The molecule has 2 aromatic rings. The molecular weight excluding hydrogens is 397 g/mol. The van der Waals surface area contributed by atoms with E-state index < -0.39 is 21.6 Å². The molecule has 1 aromatic carbocycles. The monoisotopic (exact) mass is 421 g/mol. The molecule has 7 nitrogen and oxygen atoms in total.